The maximum Gasteiger partial charge on any atom is 0.352 e. The van der Waals surface area contributed by atoms with Gasteiger partial charge in [-0.1, -0.05) is 42.5 Å². The third kappa shape index (κ3) is 2.72. The molecule has 2 aromatic carbocycles. The van der Waals surface area contributed by atoms with E-state index >= 15 is 0 Å². The van der Waals surface area contributed by atoms with Gasteiger partial charge >= 0.3 is 5.97 Å². The Morgan fingerprint density at radius 2 is 1.80 bits per heavy atom. The van der Waals surface area contributed by atoms with Crippen molar-refractivity contribution < 1.29 is 15.0 Å². The van der Waals surface area contributed by atoms with Crippen LogP contribution in [0, 0.1) is 0 Å². The lowest BCUT2D eigenvalue weighted by molar-refractivity contribution is -0.132. The molecule has 0 unspecified atom stereocenters. The summed E-state index contributed by atoms with van der Waals surface area (Å²) in [5, 5.41) is 26.2. The van der Waals surface area contributed by atoms with Crippen molar-refractivity contribution in [3.63, 3.8) is 0 Å². The van der Waals surface area contributed by atoms with Crippen molar-refractivity contribution in [1.29, 1.82) is 0 Å². The van der Waals surface area contributed by atoms with Crippen LogP contribution in [0.15, 0.2) is 66.4 Å². The molecule has 1 aliphatic heterocycles. The Morgan fingerprint density at radius 1 is 1.08 bits per heavy atom. The summed E-state index contributed by atoms with van der Waals surface area (Å²) in [7, 11) is 0. The summed E-state index contributed by atoms with van der Waals surface area (Å²) in [6, 6.07) is 15.6. The normalized spacial score (nSPS) is 15.8. The predicted octanol–water partition coefficient (Wildman–Crippen LogP) is 2.63. The molecule has 0 saturated heterocycles. The summed E-state index contributed by atoms with van der Waals surface area (Å²) >= 11 is 0. The van der Waals surface area contributed by atoms with E-state index in [1.165, 1.54) is 0 Å². The van der Waals surface area contributed by atoms with E-state index in [1.807, 2.05) is 30.3 Å². The fraction of sp³-hybridized carbons (Fsp3) is 0.0556. The van der Waals surface area contributed by atoms with Gasteiger partial charge in [0.2, 0.25) is 5.95 Å². The zero-order chi connectivity index (χ0) is 17.4. The van der Waals surface area contributed by atoms with Gasteiger partial charge in [-0.25, -0.2) is 9.48 Å². The molecule has 3 N–H and O–H groups in total. The van der Waals surface area contributed by atoms with Gasteiger partial charge in [0.05, 0.1) is 0 Å². The molecule has 0 radical (unpaired) electrons. The fourth-order valence-corrected chi connectivity index (χ4v) is 2.74. The zero-order valence-electron chi connectivity index (χ0n) is 13.0. The zero-order valence-corrected chi connectivity index (χ0v) is 13.0. The molecule has 4 rings (SSSR count). The van der Waals surface area contributed by atoms with Crippen molar-refractivity contribution >= 4 is 11.9 Å². The third-order valence-corrected chi connectivity index (χ3v) is 3.96. The van der Waals surface area contributed by atoms with Crippen LogP contribution in [0.4, 0.5) is 5.95 Å². The summed E-state index contributed by atoms with van der Waals surface area (Å²) in [6.07, 6.45) is 1.57. The van der Waals surface area contributed by atoms with Crippen molar-refractivity contribution in [3.05, 3.63) is 71.9 Å². The van der Waals surface area contributed by atoms with E-state index in [9.17, 15) is 15.0 Å². The minimum absolute atomic E-state index is 0.0394. The molecule has 7 heteroatoms. The van der Waals surface area contributed by atoms with Crippen LogP contribution in [0.5, 0.6) is 5.75 Å². The van der Waals surface area contributed by atoms with E-state index in [-0.39, 0.29) is 11.4 Å². The van der Waals surface area contributed by atoms with Crippen LogP contribution in [0.3, 0.4) is 0 Å². The lowest BCUT2D eigenvalue weighted by Crippen LogP contribution is -2.24. The molecule has 2 heterocycles. The second-order valence-corrected chi connectivity index (χ2v) is 5.62. The number of nitrogens with zero attached hydrogens (tertiary/aromatic N) is 3. The average molecular weight is 334 g/mol. The van der Waals surface area contributed by atoms with Gasteiger partial charge in [0.25, 0.3) is 0 Å². The maximum atomic E-state index is 11.4. The minimum atomic E-state index is -1.07. The maximum absolute atomic E-state index is 11.4. The van der Waals surface area contributed by atoms with E-state index in [1.54, 1.807) is 35.0 Å². The van der Waals surface area contributed by atoms with Gasteiger partial charge in [-0.2, -0.15) is 4.98 Å². The van der Waals surface area contributed by atoms with Crippen molar-refractivity contribution in [2.45, 2.75) is 6.04 Å². The molecule has 0 fully saturated rings. The van der Waals surface area contributed by atoms with E-state index < -0.39 is 12.0 Å². The van der Waals surface area contributed by atoms with E-state index in [4.69, 9.17) is 0 Å². The molecule has 0 bridgehead atoms. The number of rotatable bonds is 3. The number of fused-ring (bicyclic) bond motifs is 1. The smallest absolute Gasteiger partial charge is 0.352 e. The first-order valence-electron chi connectivity index (χ1n) is 7.65. The quantitative estimate of drug-likeness (QED) is 0.681. The van der Waals surface area contributed by atoms with Crippen LogP contribution in [0.25, 0.3) is 11.4 Å². The van der Waals surface area contributed by atoms with E-state index in [0.29, 0.717) is 11.8 Å². The van der Waals surface area contributed by atoms with Crippen LogP contribution < -0.4 is 5.32 Å². The lowest BCUT2D eigenvalue weighted by Gasteiger charge is -2.22. The molecule has 1 aromatic heterocycles. The van der Waals surface area contributed by atoms with Gasteiger partial charge in [-0.3, -0.25) is 0 Å². The summed E-state index contributed by atoms with van der Waals surface area (Å²) < 4.78 is 1.64. The van der Waals surface area contributed by atoms with E-state index in [0.717, 1.165) is 11.1 Å². The number of carbonyl (C=O) groups is 1. The Morgan fingerprint density at radius 3 is 2.48 bits per heavy atom. The van der Waals surface area contributed by atoms with Gasteiger partial charge in [0.1, 0.15) is 17.5 Å². The van der Waals surface area contributed by atoms with Crippen LogP contribution in [-0.4, -0.2) is 30.9 Å². The lowest BCUT2D eigenvalue weighted by atomic mass is 10.0. The second kappa shape index (κ2) is 5.79. The number of phenols is 1. The second-order valence-electron chi connectivity index (χ2n) is 5.62. The highest BCUT2D eigenvalue weighted by Crippen LogP contribution is 2.31. The van der Waals surface area contributed by atoms with Crippen molar-refractivity contribution in [3.8, 4) is 17.1 Å². The standard InChI is InChI=1S/C18H14N4O3/c23-13-8-6-11(7-9-13)15-10-14(17(24)25)19-18-20-16(21-22(15)18)12-4-2-1-3-5-12/h1-10,15,23H,(H,24,25)(H,19,20,21)/t15-/m1/s1. The first kappa shape index (κ1) is 14.9. The number of aliphatic carboxylic acids is 1. The minimum Gasteiger partial charge on any atom is -0.508 e. The molecule has 0 aliphatic carbocycles. The number of hydrogen-bond donors (Lipinski definition) is 3. The third-order valence-electron chi connectivity index (χ3n) is 3.96. The Bertz CT molecular complexity index is 962. The molecule has 0 saturated carbocycles. The van der Waals surface area contributed by atoms with Crippen molar-refractivity contribution in [2.75, 3.05) is 5.32 Å². The number of aromatic hydroxyl groups is 1. The number of anilines is 1. The van der Waals surface area contributed by atoms with Crippen LogP contribution in [-0.2, 0) is 4.79 Å². The monoisotopic (exact) mass is 334 g/mol. The molecule has 25 heavy (non-hydrogen) atoms. The highest BCUT2D eigenvalue weighted by atomic mass is 16.4. The molecule has 7 nitrogen and oxygen atoms in total. The molecule has 124 valence electrons. The van der Waals surface area contributed by atoms with Crippen molar-refractivity contribution in [2.24, 2.45) is 0 Å². The SMILES string of the molecule is O=C(O)C1=C[C@H](c2ccc(O)cc2)n2nc(-c3ccccc3)nc2N1. The number of phenolic OH excluding ortho intramolecular Hbond substituents is 1. The topological polar surface area (TPSA) is 100 Å². The first-order chi connectivity index (χ1) is 12.1. The molecular formula is C18H14N4O3. The van der Waals surface area contributed by atoms with E-state index in [2.05, 4.69) is 15.4 Å². The van der Waals surface area contributed by atoms with Gasteiger partial charge in [0, 0.05) is 5.56 Å². The summed E-state index contributed by atoms with van der Waals surface area (Å²) in [5.41, 5.74) is 1.67. The molecular weight excluding hydrogens is 320 g/mol. The summed E-state index contributed by atoms with van der Waals surface area (Å²) in [4.78, 5) is 15.9. The highest BCUT2D eigenvalue weighted by Gasteiger charge is 2.27. The van der Waals surface area contributed by atoms with Gasteiger partial charge in [-0.05, 0) is 23.8 Å². The summed E-state index contributed by atoms with van der Waals surface area (Å²) in [6.45, 7) is 0. The molecule has 0 amide bonds. The van der Waals surface area contributed by atoms with Crippen molar-refractivity contribution in [1.82, 2.24) is 14.8 Å². The number of nitrogens with one attached hydrogen (secondary N) is 1. The average Bonchev–Trinajstić information content (AvgIpc) is 3.06. The van der Waals surface area contributed by atoms with Crippen LogP contribution in [0.2, 0.25) is 0 Å². The van der Waals surface area contributed by atoms with Gasteiger partial charge in [0.15, 0.2) is 5.82 Å². The molecule has 1 atom stereocenters. The Balaban J connectivity index is 1.82. The van der Waals surface area contributed by atoms with Crippen LogP contribution in [0.1, 0.15) is 11.6 Å². The molecule has 3 aromatic rings. The van der Waals surface area contributed by atoms with Gasteiger partial charge in [-0.15, -0.1) is 5.10 Å². The number of benzene rings is 2. The fourth-order valence-electron chi connectivity index (χ4n) is 2.74. The van der Waals surface area contributed by atoms with Gasteiger partial charge < -0.3 is 15.5 Å². The molecule has 1 aliphatic rings. The Hall–Kier alpha value is -3.61. The molecule has 0 spiro atoms. The Kier molecular flexibility index (Phi) is 3.46. The highest BCUT2D eigenvalue weighted by molar-refractivity contribution is 5.90. The largest absolute Gasteiger partial charge is 0.508 e. The number of carboxylic acids is 1. The number of aromatic nitrogens is 3. The number of allylic oxidation sites excluding steroid dienone is 1. The van der Waals surface area contributed by atoms with Crippen LogP contribution >= 0.6 is 0 Å². The predicted molar refractivity (Wildman–Crippen MR) is 91.0 cm³/mol. The summed E-state index contributed by atoms with van der Waals surface area (Å²) in [5.74, 6) is -0.0630. The Labute approximate surface area is 142 Å². The first-order valence-corrected chi connectivity index (χ1v) is 7.65. The number of hydrogen-bond acceptors (Lipinski definition) is 5. The number of carboxylic acid groups (broad SMARTS) is 1.